The van der Waals surface area contributed by atoms with E-state index < -0.39 is 0 Å². The van der Waals surface area contributed by atoms with E-state index in [1.807, 2.05) is 11.9 Å². The maximum atomic E-state index is 12.8. The van der Waals surface area contributed by atoms with Crippen molar-refractivity contribution >= 4 is 5.91 Å². The summed E-state index contributed by atoms with van der Waals surface area (Å²) >= 11 is 0. The van der Waals surface area contributed by atoms with E-state index in [0.717, 1.165) is 50.4 Å². The van der Waals surface area contributed by atoms with Gasteiger partial charge in [0.05, 0.1) is 6.04 Å². The zero-order chi connectivity index (χ0) is 16.0. The third-order valence-corrected chi connectivity index (χ3v) is 7.17. The van der Waals surface area contributed by atoms with Gasteiger partial charge in [0.2, 0.25) is 5.91 Å². The Hall–Kier alpha value is -0.610. The van der Waals surface area contributed by atoms with Gasteiger partial charge in [0.25, 0.3) is 0 Å². The molecule has 4 saturated carbocycles. The van der Waals surface area contributed by atoms with Crippen LogP contribution in [-0.2, 0) is 9.53 Å². The first-order valence-electron chi connectivity index (χ1n) is 9.63. The van der Waals surface area contributed by atoms with Crippen molar-refractivity contribution < 1.29 is 9.53 Å². The summed E-state index contributed by atoms with van der Waals surface area (Å²) in [5, 5.41) is 0. The van der Waals surface area contributed by atoms with Crippen molar-refractivity contribution in [3.05, 3.63) is 0 Å². The van der Waals surface area contributed by atoms with Crippen molar-refractivity contribution in [1.82, 2.24) is 4.90 Å². The van der Waals surface area contributed by atoms with Crippen molar-refractivity contribution in [2.75, 3.05) is 26.8 Å². The van der Waals surface area contributed by atoms with Crippen LogP contribution in [0.5, 0.6) is 0 Å². The first-order chi connectivity index (χ1) is 11.0. The normalized spacial score (nSPS) is 41.0. The molecule has 4 bridgehead atoms. The number of ether oxygens (including phenoxy) is 1. The van der Waals surface area contributed by atoms with Crippen LogP contribution < -0.4 is 5.73 Å². The number of hydrogen-bond donors (Lipinski definition) is 1. The molecule has 130 valence electrons. The van der Waals surface area contributed by atoms with Crippen LogP contribution in [0.3, 0.4) is 0 Å². The van der Waals surface area contributed by atoms with Gasteiger partial charge in [-0.3, -0.25) is 4.79 Å². The van der Waals surface area contributed by atoms with Gasteiger partial charge < -0.3 is 15.4 Å². The second-order valence-corrected chi connectivity index (χ2v) is 9.09. The molecule has 5 fully saturated rings. The minimum absolute atomic E-state index is 0.160. The molecule has 0 aromatic heterocycles. The number of nitrogens with two attached hydrogens (primary N) is 1. The highest BCUT2D eigenvalue weighted by atomic mass is 16.5. The number of carbonyl (C=O) groups is 1. The Kier molecular flexibility index (Phi) is 4.17. The number of rotatable bonds is 4. The van der Waals surface area contributed by atoms with E-state index in [9.17, 15) is 4.79 Å². The van der Waals surface area contributed by atoms with Crippen molar-refractivity contribution in [2.45, 2.75) is 57.4 Å². The molecule has 4 heteroatoms. The molecule has 1 saturated heterocycles. The number of carbonyl (C=O) groups excluding carboxylic acids is 1. The SMILES string of the molecule is CN(CC12CC3CC(CC(C3)C1)C2)C(=O)C(N)C1CCOCC1. The molecule has 0 spiro atoms. The van der Waals surface area contributed by atoms with E-state index in [4.69, 9.17) is 10.5 Å². The average molecular weight is 320 g/mol. The predicted molar refractivity (Wildman–Crippen MR) is 89.8 cm³/mol. The molecule has 0 aromatic carbocycles. The molecule has 2 N–H and O–H groups in total. The summed E-state index contributed by atoms with van der Waals surface area (Å²) in [5.74, 6) is 3.28. The van der Waals surface area contributed by atoms with Crippen LogP contribution in [0.4, 0.5) is 0 Å². The number of amides is 1. The molecule has 1 unspecified atom stereocenters. The number of hydrogen-bond acceptors (Lipinski definition) is 3. The van der Waals surface area contributed by atoms with E-state index in [1.54, 1.807) is 0 Å². The van der Waals surface area contributed by atoms with Gasteiger partial charge in [0, 0.05) is 26.8 Å². The fourth-order valence-electron chi connectivity index (χ4n) is 6.60. The Balaban J connectivity index is 1.39. The Morgan fingerprint density at radius 3 is 2.17 bits per heavy atom. The maximum Gasteiger partial charge on any atom is 0.239 e. The van der Waals surface area contributed by atoms with E-state index >= 15 is 0 Å². The lowest BCUT2D eigenvalue weighted by Gasteiger charge is -2.57. The van der Waals surface area contributed by atoms with Gasteiger partial charge in [-0.1, -0.05) is 0 Å². The lowest BCUT2D eigenvalue weighted by atomic mass is 9.49. The third-order valence-electron chi connectivity index (χ3n) is 7.17. The highest BCUT2D eigenvalue weighted by Gasteiger charge is 2.51. The van der Waals surface area contributed by atoms with E-state index in [1.165, 1.54) is 38.5 Å². The minimum atomic E-state index is -0.335. The Morgan fingerprint density at radius 1 is 1.13 bits per heavy atom. The standard InChI is InChI=1S/C19H32N2O2/c1-21(18(22)17(20)16-2-4-23-5-3-16)12-19-9-13-6-14(10-19)8-15(7-13)11-19/h13-17H,2-12,20H2,1H3. The highest BCUT2D eigenvalue weighted by Crippen LogP contribution is 2.60. The van der Waals surface area contributed by atoms with Gasteiger partial charge in [-0.2, -0.15) is 0 Å². The molecule has 1 aliphatic heterocycles. The predicted octanol–water partition coefficient (Wildman–Crippen LogP) is 2.42. The number of likely N-dealkylation sites (N-methyl/N-ethyl adjacent to an activating group) is 1. The van der Waals surface area contributed by atoms with Gasteiger partial charge in [-0.05, 0) is 80.5 Å². The van der Waals surface area contributed by atoms with Gasteiger partial charge in [-0.15, -0.1) is 0 Å². The van der Waals surface area contributed by atoms with Gasteiger partial charge >= 0.3 is 0 Å². The van der Waals surface area contributed by atoms with Crippen LogP contribution in [0.1, 0.15) is 51.4 Å². The molecule has 5 aliphatic rings. The quantitative estimate of drug-likeness (QED) is 0.865. The lowest BCUT2D eigenvalue weighted by molar-refractivity contribution is -0.138. The summed E-state index contributed by atoms with van der Waals surface area (Å²) in [6.45, 7) is 2.45. The van der Waals surface area contributed by atoms with E-state index in [0.29, 0.717) is 11.3 Å². The van der Waals surface area contributed by atoms with Crippen molar-refractivity contribution in [3.8, 4) is 0 Å². The second kappa shape index (κ2) is 6.03. The van der Waals surface area contributed by atoms with Crippen molar-refractivity contribution in [1.29, 1.82) is 0 Å². The minimum Gasteiger partial charge on any atom is -0.381 e. The Labute approximate surface area is 140 Å². The topological polar surface area (TPSA) is 55.6 Å². The van der Waals surface area contributed by atoms with Gasteiger partial charge in [-0.25, -0.2) is 0 Å². The molecule has 23 heavy (non-hydrogen) atoms. The molecule has 5 rings (SSSR count). The highest BCUT2D eigenvalue weighted by molar-refractivity contribution is 5.81. The summed E-state index contributed by atoms with van der Waals surface area (Å²) < 4.78 is 5.40. The first kappa shape index (κ1) is 15.9. The van der Waals surface area contributed by atoms with Crippen molar-refractivity contribution in [3.63, 3.8) is 0 Å². The van der Waals surface area contributed by atoms with E-state index in [2.05, 4.69) is 0 Å². The molecule has 0 aromatic rings. The van der Waals surface area contributed by atoms with Crippen LogP contribution in [0, 0.1) is 29.1 Å². The zero-order valence-electron chi connectivity index (χ0n) is 14.5. The summed E-state index contributed by atoms with van der Waals surface area (Å²) in [6.07, 6.45) is 10.3. The smallest absolute Gasteiger partial charge is 0.239 e. The van der Waals surface area contributed by atoms with Crippen LogP contribution in [0.15, 0.2) is 0 Å². The fourth-order valence-corrected chi connectivity index (χ4v) is 6.60. The van der Waals surface area contributed by atoms with E-state index in [-0.39, 0.29) is 11.9 Å². The molecular weight excluding hydrogens is 288 g/mol. The first-order valence-corrected chi connectivity index (χ1v) is 9.63. The number of nitrogens with zero attached hydrogens (tertiary/aromatic N) is 1. The summed E-state index contributed by atoms with van der Waals surface area (Å²) in [4.78, 5) is 14.8. The largest absolute Gasteiger partial charge is 0.381 e. The zero-order valence-corrected chi connectivity index (χ0v) is 14.5. The maximum absolute atomic E-state index is 12.8. The summed E-state index contributed by atoms with van der Waals surface area (Å²) in [6, 6.07) is -0.335. The molecular formula is C19H32N2O2. The molecule has 1 heterocycles. The van der Waals surface area contributed by atoms with Crippen molar-refractivity contribution in [2.24, 2.45) is 34.8 Å². The van der Waals surface area contributed by atoms with Crippen LogP contribution in [0.2, 0.25) is 0 Å². The van der Waals surface area contributed by atoms with Crippen LogP contribution >= 0.6 is 0 Å². The molecule has 0 radical (unpaired) electrons. The molecule has 1 atom stereocenters. The Morgan fingerprint density at radius 2 is 1.65 bits per heavy atom. The molecule has 1 amide bonds. The lowest BCUT2D eigenvalue weighted by Crippen LogP contribution is -2.54. The van der Waals surface area contributed by atoms with Gasteiger partial charge in [0.15, 0.2) is 0 Å². The second-order valence-electron chi connectivity index (χ2n) is 9.09. The van der Waals surface area contributed by atoms with Crippen LogP contribution in [-0.4, -0.2) is 43.7 Å². The molecule has 4 nitrogen and oxygen atoms in total. The summed E-state index contributed by atoms with van der Waals surface area (Å²) in [7, 11) is 1.99. The molecule has 4 aliphatic carbocycles. The average Bonchev–Trinajstić information content (AvgIpc) is 2.52. The monoisotopic (exact) mass is 320 g/mol. The van der Waals surface area contributed by atoms with Crippen LogP contribution in [0.25, 0.3) is 0 Å². The Bertz CT molecular complexity index is 423. The fraction of sp³-hybridized carbons (Fsp3) is 0.947. The van der Waals surface area contributed by atoms with Gasteiger partial charge in [0.1, 0.15) is 0 Å². The summed E-state index contributed by atoms with van der Waals surface area (Å²) in [5.41, 5.74) is 6.72. The third kappa shape index (κ3) is 3.05.